The highest BCUT2D eigenvalue weighted by Crippen LogP contribution is 2.30. The Balaban J connectivity index is 0.00000176. The highest BCUT2D eigenvalue weighted by molar-refractivity contribution is 7.10. The Morgan fingerprint density at radius 3 is 2.68 bits per heavy atom. The third kappa shape index (κ3) is 3.81. The molecule has 3 rings (SSSR count). The summed E-state index contributed by atoms with van der Waals surface area (Å²) in [7, 11) is 0. The average molecular weight is 337 g/mol. The Morgan fingerprint density at radius 2 is 1.91 bits per heavy atom. The van der Waals surface area contributed by atoms with Gasteiger partial charge in [-0.15, -0.1) is 23.7 Å². The van der Waals surface area contributed by atoms with Crippen molar-refractivity contribution < 1.29 is 4.79 Å². The maximum absolute atomic E-state index is 12.3. The zero-order valence-corrected chi connectivity index (χ0v) is 14.1. The van der Waals surface area contributed by atoms with Gasteiger partial charge in [0.05, 0.1) is 5.56 Å². The van der Waals surface area contributed by atoms with Crippen LogP contribution >= 0.6 is 23.7 Å². The van der Waals surface area contributed by atoms with Crippen molar-refractivity contribution in [2.24, 2.45) is 0 Å². The molecule has 0 atom stereocenters. The minimum absolute atomic E-state index is 0. The van der Waals surface area contributed by atoms with E-state index in [1.54, 1.807) is 11.3 Å². The quantitative estimate of drug-likeness (QED) is 0.838. The van der Waals surface area contributed by atoms with Crippen molar-refractivity contribution >= 4 is 35.3 Å². The first-order valence-corrected chi connectivity index (χ1v) is 8.34. The van der Waals surface area contributed by atoms with Gasteiger partial charge in [0, 0.05) is 22.5 Å². The Labute approximate surface area is 141 Å². The first-order valence-electron chi connectivity index (χ1n) is 7.46. The van der Waals surface area contributed by atoms with E-state index in [2.05, 4.69) is 5.32 Å². The molecule has 3 nitrogen and oxygen atoms in total. The number of nitrogens with two attached hydrogens (primary N) is 1. The standard InChI is InChI=1S/C17H20N2OS.ClH/c18-13-7-5-12(6-8-13)9-10-19-17(20)15-11-21-16-4-2-1-3-14(15)16;/h5-8,11H,1-4,9-10,18H2,(H,19,20);1H. The first kappa shape index (κ1) is 16.8. The van der Waals surface area contributed by atoms with E-state index in [0.29, 0.717) is 6.54 Å². The molecule has 0 aliphatic heterocycles. The van der Waals surface area contributed by atoms with Crippen LogP contribution in [0.1, 0.15) is 39.2 Å². The molecule has 0 bridgehead atoms. The van der Waals surface area contributed by atoms with Crippen LogP contribution < -0.4 is 11.1 Å². The number of carbonyl (C=O) groups is 1. The summed E-state index contributed by atoms with van der Waals surface area (Å²) >= 11 is 1.74. The van der Waals surface area contributed by atoms with Gasteiger partial charge in [-0.2, -0.15) is 0 Å². The number of amides is 1. The van der Waals surface area contributed by atoms with Crippen molar-refractivity contribution in [2.75, 3.05) is 12.3 Å². The lowest BCUT2D eigenvalue weighted by molar-refractivity contribution is 0.0953. The van der Waals surface area contributed by atoms with Crippen LogP contribution in [0.25, 0.3) is 0 Å². The highest BCUT2D eigenvalue weighted by atomic mass is 35.5. The van der Waals surface area contributed by atoms with E-state index in [1.807, 2.05) is 29.6 Å². The maximum Gasteiger partial charge on any atom is 0.252 e. The van der Waals surface area contributed by atoms with Crippen LogP contribution in [0.2, 0.25) is 0 Å². The van der Waals surface area contributed by atoms with Crippen LogP contribution in [-0.2, 0) is 19.3 Å². The van der Waals surface area contributed by atoms with Gasteiger partial charge in [-0.3, -0.25) is 4.79 Å². The molecule has 1 aromatic carbocycles. The monoisotopic (exact) mass is 336 g/mol. The molecule has 1 aliphatic rings. The molecule has 1 aliphatic carbocycles. The fourth-order valence-corrected chi connectivity index (χ4v) is 3.91. The molecule has 0 radical (unpaired) electrons. The summed E-state index contributed by atoms with van der Waals surface area (Å²) < 4.78 is 0. The molecule has 0 spiro atoms. The number of rotatable bonds is 4. The molecular formula is C17H21ClN2OS. The molecule has 5 heteroatoms. The highest BCUT2D eigenvalue weighted by Gasteiger charge is 2.19. The van der Waals surface area contributed by atoms with Gasteiger partial charge in [-0.1, -0.05) is 12.1 Å². The molecule has 3 N–H and O–H groups in total. The SMILES string of the molecule is Cl.Nc1ccc(CCNC(=O)c2csc3c2CCCC3)cc1. The number of fused-ring (bicyclic) bond motifs is 1. The number of hydrogen-bond acceptors (Lipinski definition) is 3. The van der Waals surface area contributed by atoms with Crippen LogP contribution in [0.15, 0.2) is 29.6 Å². The van der Waals surface area contributed by atoms with E-state index >= 15 is 0 Å². The smallest absolute Gasteiger partial charge is 0.252 e. The zero-order chi connectivity index (χ0) is 14.7. The van der Waals surface area contributed by atoms with Gasteiger partial charge >= 0.3 is 0 Å². The summed E-state index contributed by atoms with van der Waals surface area (Å²) in [4.78, 5) is 13.7. The molecule has 1 heterocycles. The molecule has 2 aromatic rings. The minimum Gasteiger partial charge on any atom is -0.399 e. The molecular weight excluding hydrogens is 316 g/mol. The Bertz CT molecular complexity index is 637. The van der Waals surface area contributed by atoms with E-state index in [-0.39, 0.29) is 18.3 Å². The molecule has 0 saturated heterocycles. The summed E-state index contributed by atoms with van der Waals surface area (Å²) in [6, 6.07) is 7.81. The van der Waals surface area contributed by atoms with Crippen molar-refractivity contribution in [1.82, 2.24) is 5.32 Å². The second-order valence-corrected chi connectivity index (χ2v) is 6.47. The molecule has 1 amide bonds. The second kappa shape index (κ2) is 7.65. The first-order chi connectivity index (χ1) is 10.2. The third-order valence-corrected chi connectivity index (χ3v) is 5.07. The fraction of sp³-hybridized carbons (Fsp3) is 0.353. The number of nitrogens with one attached hydrogen (secondary N) is 1. The van der Waals surface area contributed by atoms with E-state index in [1.165, 1.54) is 28.8 Å². The third-order valence-electron chi connectivity index (χ3n) is 3.98. The molecule has 118 valence electrons. The molecule has 1 aromatic heterocycles. The van der Waals surface area contributed by atoms with E-state index < -0.39 is 0 Å². The van der Waals surface area contributed by atoms with Crippen LogP contribution in [0.4, 0.5) is 5.69 Å². The number of halogens is 1. The lowest BCUT2D eigenvalue weighted by atomic mass is 9.95. The minimum atomic E-state index is 0. The van der Waals surface area contributed by atoms with Crippen LogP contribution in [0, 0.1) is 0 Å². The summed E-state index contributed by atoms with van der Waals surface area (Å²) in [6.07, 6.45) is 5.48. The van der Waals surface area contributed by atoms with Gasteiger partial charge < -0.3 is 11.1 Å². The van der Waals surface area contributed by atoms with Gasteiger partial charge in [0.15, 0.2) is 0 Å². The Kier molecular flexibility index (Phi) is 5.86. The number of nitrogen functional groups attached to an aromatic ring is 1. The Hall–Kier alpha value is -1.52. The van der Waals surface area contributed by atoms with Crippen molar-refractivity contribution in [3.05, 3.63) is 51.2 Å². The number of anilines is 1. The lowest BCUT2D eigenvalue weighted by Gasteiger charge is -2.12. The van der Waals surface area contributed by atoms with Gasteiger partial charge in [-0.25, -0.2) is 0 Å². The largest absolute Gasteiger partial charge is 0.399 e. The van der Waals surface area contributed by atoms with Crippen molar-refractivity contribution in [2.45, 2.75) is 32.1 Å². The van der Waals surface area contributed by atoms with Crippen molar-refractivity contribution in [1.29, 1.82) is 0 Å². The van der Waals surface area contributed by atoms with Crippen LogP contribution in [0.3, 0.4) is 0 Å². The molecule has 0 saturated carbocycles. The molecule has 0 unspecified atom stereocenters. The summed E-state index contributed by atoms with van der Waals surface area (Å²) in [6.45, 7) is 0.660. The fourth-order valence-electron chi connectivity index (χ4n) is 2.78. The second-order valence-electron chi connectivity index (χ2n) is 5.51. The normalized spacial score (nSPS) is 13.1. The van der Waals surface area contributed by atoms with Gasteiger partial charge in [0.25, 0.3) is 5.91 Å². The number of thiophene rings is 1. The Morgan fingerprint density at radius 1 is 1.18 bits per heavy atom. The molecule has 0 fully saturated rings. The number of benzene rings is 1. The average Bonchev–Trinajstić information content (AvgIpc) is 2.93. The van der Waals surface area contributed by atoms with Crippen LogP contribution in [0.5, 0.6) is 0 Å². The summed E-state index contributed by atoms with van der Waals surface area (Å²) in [5.41, 5.74) is 9.81. The van der Waals surface area contributed by atoms with Gasteiger partial charge in [-0.05, 0) is 55.4 Å². The predicted molar refractivity (Wildman–Crippen MR) is 95.1 cm³/mol. The summed E-state index contributed by atoms with van der Waals surface area (Å²) in [5.74, 6) is 0.0739. The summed E-state index contributed by atoms with van der Waals surface area (Å²) in [5, 5.41) is 5.06. The predicted octanol–water partition coefficient (Wildman–Crippen LogP) is 3.60. The topological polar surface area (TPSA) is 55.1 Å². The maximum atomic E-state index is 12.3. The van der Waals surface area contributed by atoms with Gasteiger partial charge in [0.2, 0.25) is 0 Å². The van der Waals surface area contributed by atoms with Crippen molar-refractivity contribution in [3.63, 3.8) is 0 Å². The van der Waals surface area contributed by atoms with E-state index in [0.717, 1.165) is 30.5 Å². The van der Waals surface area contributed by atoms with Crippen LogP contribution in [-0.4, -0.2) is 12.5 Å². The number of carbonyl (C=O) groups excluding carboxylic acids is 1. The van der Waals surface area contributed by atoms with Crippen molar-refractivity contribution in [3.8, 4) is 0 Å². The number of aryl methyl sites for hydroxylation is 1. The van der Waals surface area contributed by atoms with Gasteiger partial charge in [0.1, 0.15) is 0 Å². The zero-order valence-electron chi connectivity index (χ0n) is 12.4. The van der Waals surface area contributed by atoms with E-state index in [9.17, 15) is 4.79 Å². The lowest BCUT2D eigenvalue weighted by Crippen LogP contribution is -2.26. The van der Waals surface area contributed by atoms with E-state index in [4.69, 9.17) is 5.73 Å². The number of hydrogen-bond donors (Lipinski definition) is 2. The molecule has 22 heavy (non-hydrogen) atoms.